The molecule has 1 atom stereocenters. The summed E-state index contributed by atoms with van der Waals surface area (Å²) >= 11 is 1.46. The average Bonchev–Trinajstić information content (AvgIpc) is 3.00. The van der Waals surface area contributed by atoms with Gasteiger partial charge in [0.25, 0.3) is 0 Å². The molecule has 0 fully saturated rings. The normalized spacial score (nSPS) is 12.1. The van der Waals surface area contributed by atoms with Crippen molar-refractivity contribution in [2.75, 3.05) is 6.54 Å². The van der Waals surface area contributed by atoms with Gasteiger partial charge in [0.2, 0.25) is 5.91 Å². The van der Waals surface area contributed by atoms with Crippen LogP contribution in [0.1, 0.15) is 26.0 Å². The number of nitrogens with zero attached hydrogens (tertiary/aromatic N) is 2. The SMILES string of the molecule is CC(C)CC(CNC(=O)Cc1csc(-c2cccnc2)n1)C(=O)O. The third kappa shape index (κ3) is 5.42. The highest BCUT2D eigenvalue weighted by Crippen LogP contribution is 2.22. The zero-order valence-electron chi connectivity index (χ0n) is 13.7. The van der Waals surface area contributed by atoms with Crippen molar-refractivity contribution in [3.05, 3.63) is 35.6 Å². The fraction of sp³-hybridized carbons (Fsp3) is 0.412. The Kier molecular flexibility index (Phi) is 6.43. The van der Waals surface area contributed by atoms with E-state index < -0.39 is 11.9 Å². The van der Waals surface area contributed by atoms with Gasteiger partial charge in [-0.2, -0.15) is 0 Å². The highest BCUT2D eigenvalue weighted by atomic mass is 32.1. The lowest BCUT2D eigenvalue weighted by Gasteiger charge is -2.15. The zero-order chi connectivity index (χ0) is 17.5. The quantitative estimate of drug-likeness (QED) is 0.766. The van der Waals surface area contributed by atoms with Crippen LogP contribution in [0.2, 0.25) is 0 Å². The average molecular weight is 347 g/mol. The van der Waals surface area contributed by atoms with E-state index in [2.05, 4.69) is 15.3 Å². The first-order valence-electron chi connectivity index (χ1n) is 7.80. The van der Waals surface area contributed by atoms with Crippen molar-refractivity contribution in [3.8, 4) is 10.6 Å². The second kappa shape index (κ2) is 8.54. The standard InChI is InChI=1S/C17H21N3O3S/c1-11(2)6-13(17(22)23)9-19-15(21)7-14-10-24-16(20-14)12-4-3-5-18-8-12/h3-5,8,10-11,13H,6-7,9H2,1-2H3,(H,19,21)(H,22,23). The number of nitrogens with one attached hydrogen (secondary N) is 1. The largest absolute Gasteiger partial charge is 0.481 e. The van der Waals surface area contributed by atoms with Gasteiger partial charge in [-0.25, -0.2) is 4.98 Å². The molecule has 0 spiro atoms. The topological polar surface area (TPSA) is 92.2 Å². The monoisotopic (exact) mass is 347 g/mol. The smallest absolute Gasteiger partial charge is 0.308 e. The third-order valence-corrected chi connectivity index (χ3v) is 4.39. The number of thiazole rings is 1. The number of carbonyl (C=O) groups excluding carboxylic acids is 1. The van der Waals surface area contributed by atoms with Crippen LogP contribution < -0.4 is 5.32 Å². The van der Waals surface area contributed by atoms with Crippen molar-refractivity contribution >= 4 is 23.2 Å². The lowest BCUT2D eigenvalue weighted by atomic mass is 9.97. The van der Waals surface area contributed by atoms with Crippen LogP contribution in [0.25, 0.3) is 10.6 Å². The Morgan fingerprint density at radius 1 is 1.38 bits per heavy atom. The van der Waals surface area contributed by atoms with E-state index in [1.165, 1.54) is 11.3 Å². The van der Waals surface area contributed by atoms with E-state index in [0.29, 0.717) is 12.1 Å². The van der Waals surface area contributed by atoms with Crippen LogP contribution in [-0.4, -0.2) is 33.5 Å². The summed E-state index contributed by atoms with van der Waals surface area (Å²) in [5, 5.41) is 14.5. The first-order chi connectivity index (χ1) is 11.5. The highest BCUT2D eigenvalue weighted by Gasteiger charge is 2.20. The molecule has 128 valence electrons. The lowest BCUT2D eigenvalue weighted by Crippen LogP contribution is -2.34. The maximum absolute atomic E-state index is 12.0. The van der Waals surface area contributed by atoms with Crippen LogP contribution in [0.4, 0.5) is 0 Å². The van der Waals surface area contributed by atoms with E-state index in [1.54, 1.807) is 12.4 Å². The molecule has 7 heteroatoms. The van der Waals surface area contributed by atoms with E-state index in [0.717, 1.165) is 10.6 Å². The molecule has 2 aromatic rings. The number of hydrogen-bond donors (Lipinski definition) is 2. The summed E-state index contributed by atoms with van der Waals surface area (Å²) in [7, 11) is 0. The molecule has 6 nitrogen and oxygen atoms in total. The summed E-state index contributed by atoms with van der Waals surface area (Å²) in [4.78, 5) is 31.7. The summed E-state index contributed by atoms with van der Waals surface area (Å²) in [6, 6.07) is 3.75. The summed E-state index contributed by atoms with van der Waals surface area (Å²) in [6.07, 6.45) is 4.11. The fourth-order valence-electron chi connectivity index (χ4n) is 2.31. The van der Waals surface area contributed by atoms with Crippen molar-refractivity contribution in [2.24, 2.45) is 11.8 Å². The number of rotatable bonds is 8. The predicted molar refractivity (Wildman–Crippen MR) is 92.6 cm³/mol. The van der Waals surface area contributed by atoms with Crippen LogP contribution in [0, 0.1) is 11.8 Å². The minimum absolute atomic E-state index is 0.144. The number of carboxylic acids is 1. The van der Waals surface area contributed by atoms with Crippen molar-refractivity contribution in [3.63, 3.8) is 0 Å². The first-order valence-corrected chi connectivity index (χ1v) is 8.68. The summed E-state index contributed by atoms with van der Waals surface area (Å²) in [5.74, 6) is -1.39. The molecule has 0 aliphatic heterocycles. The number of carboxylic acid groups (broad SMARTS) is 1. The molecule has 0 aliphatic rings. The Morgan fingerprint density at radius 3 is 2.79 bits per heavy atom. The van der Waals surface area contributed by atoms with Gasteiger partial charge >= 0.3 is 5.97 Å². The summed E-state index contributed by atoms with van der Waals surface area (Å²) in [6.45, 7) is 4.08. The summed E-state index contributed by atoms with van der Waals surface area (Å²) in [5.41, 5.74) is 1.59. The molecule has 1 amide bonds. The molecule has 0 radical (unpaired) electrons. The molecule has 2 N–H and O–H groups in total. The molecule has 2 heterocycles. The van der Waals surface area contributed by atoms with Crippen LogP contribution >= 0.6 is 11.3 Å². The Balaban J connectivity index is 1.88. The molecule has 0 bridgehead atoms. The summed E-state index contributed by atoms with van der Waals surface area (Å²) < 4.78 is 0. The van der Waals surface area contributed by atoms with Gasteiger partial charge in [-0.15, -0.1) is 11.3 Å². The molecule has 0 saturated heterocycles. The van der Waals surface area contributed by atoms with Crippen molar-refractivity contribution in [1.29, 1.82) is 0 Å². The first kappa shape index (κ1) is 18.1. The van der Waals surface area contributed by atoms with Gasteiger partial charge in [-0.05, 0) is 24.5 Å². The molecule has 2 aromatic heterocycles. The van der Waals surface area contributed by atoms with Gasteiger partial charge in [-0.3, -0.25) is 14.6 Å². The van der Waals surface area contributed by atoms with E-state index in [4.69, 9.17) is 0 Å². The Hall–Kier alpha value is -2.28. The van der Waals surface area contributed by atoms with Crippen LogP contribution in [0.3, 0.4) is 0 Å². The number of carbonyl (C=O) groups is 2. The molecular weight excluding hydrogens is 326 g/mol. The number of pyridine rings is 1. The molecular formula is C17H21N3O3S. The Morgan fingerprint density at radius 2 is 2.17 bits per heavy atom. The van der Waals surface area contributed by atoms with Crippen molar-refractivity contribution < 1.29 is 14.7 Å². The highest BCUT2D eigenvalue weighted by molar-refractivity contribution is 7.13. The molecule has 2 rings (SSSR count). The zero-order valence-corrected chi connectivity index (χ0v) is 14.5. The Labute approximate surface area is 145 Å². The van der Waals surface area contributed by atoms with Crippen LogP contribution in [0.5, 0.6) is 0 Å². The molecule has 0 saturated carbocycles. The van der Waals surface area contributed by atoms with E-state index in [9.17, 15) is 14.7 Å². The molecule has 1 unspecified atom stereocenters. The van der Waals surface area contributed by atoms with Crippen molar-refractivity contribution in [1.82, 2.24) is 15.3 Å². The predicted octanol–water partition coefficient (Wildman–Crippen LogP) is 2.61. The van der Waals surface area contributed by atoms with Crippen LogP contribution in [-0.2, 0) is 16.0 Å². The second-order valence-corrected chi connectivity index (χ2v) is 6.89. The van der Waals surface area contributed by atoms with E-state index in [1.807, 2.05) is 31.4 Å². The maximum Gasteiger partial charge on any atom is 0.308 e. The fourth-order valence-corrected chi connectivity index (χ4v) is 3.13. The molecule has 24 heavy (non-hydrogen) atoms. The third-order valence-electron chi connectivity index (χ3n) is 3.45. The minimum atomic E-state index is -0.878. The van der Waals surface area contributed by atoms with E-state index in [-0.39, 0.29) is 24.8 Å². The van der Waals surface area contributed by atoms with Gasteiger partial charge in [0.1, 0.15) is 5.01 Å². The van der Waals surface area contributed by atoms with Gasteiger partial charge in [0, 0.05) is 29.9 Å². The second-order valence-electron chi connectivity index (χ2n) is 6.03. The molecule has 0 aromatic carbocycles. The number of aliphatic carboxylic acids is 1. The minimum Gasteiger partial charge on any atom is -0.481 e. The van der Waals surface area contributed by atoms with Crippen molar-refractivity contribution in [2.45, 2.75) is 26.7 Å². The number of amides is 1. The number of hydrogen-bond acceptors (Lipinski definition) is 5. The van der Waals surface area contributed by atoms with Crippen LogP contribution in [0.15, 0.2) is 29.9 Å². The van der Waals surface area contributed by atoms with Gasteiger partial charge in [-0.1, -0.05) is 13.8 Å². The Bertz CT molecular complexity index is 685. The van der Waals surface area contributed by atoms with Gasteiger partial charge in [0.05, 0.1) is 18.0 Å². The molecule has 0 aliphatic carbocycles. The van der Waals surface area contributed by atoms with E-state index >= 15 is 0 Å². The van der Waals surface area contributed by atoms with Gasteiger partial charge in [0.15, 0.2) is 0 Å². The maximum atomic E-state index is 12.0. The number of aromatic nitrogens is 2. The van der Waals surface area contributed by atoms with Gasteiger partial charge < -0.3 is 10.4 Å². The lowest BCUT2D eigenvalue weighted by molar-refractivity contribution is -0.142.